The highest BCUT2D eigenvalue weighted by atomic mass is 79.9. The van der Waals surface area contributed by atoms with Gasteiger partial charge in [0.2, 0.25) is 5.88 Å². The van der Waals surface area contributed by atoms with Crippen molar-refractivity contribution in [2.24, 2.45) is 5.92 Å². The molecular formula is C19H24BrN7OS. The Balaban J connectivity index is 0.00000205. The fraction of sp³-hybridized carbons (Fsp3) is 0.474. The number of aryl methyl sites for hydroxylation is 1. The number of fused-ring (bicyclic) bond motifs is 4. The largest absolute Gasteiger partial charge is 0.473 e. The number of nitrogens with zero attached hydrogens (tertiary/aromatic N) is 6. The first-order valence-electron chi connectivity index (χ1n) is 9.56. The molecule has 0 amide bonds. The minimum Gasteiger partial charge on any atom is -0.473 e. The van der Waals surface area contributed by atoms with E-state index < -0.39 is 0 Å². The quantitative estimate of drug-likeness (QED) is 0.576. The zero-order valence-corrected chi connectivity index (χ0v) is 18.8. The van der Waals surface area contributed by atoms with E-state index in [0.717, 1.165) is 12.1 Å². The molecular weight excluding hydrogens is 454 g/mol. The average molecular weight is 478 g/mol. The predicted octanol–water partition coefficient (Wildman–Crippen LogP) is 2.51. The molecule has 3 aliphatic rings. The highest BCUT2D eigenvalue weighted by molar-refractivity contribution is 9.10. The third kappa shape index (κ3) is 3.93. The Morgan fingerprint density at radius 2 is 2.00 bits per heavy atom. The SMILES string of the molecule is Cc1nc(N)c2nc(Br)n(Cc3ccc(O[C@@H]4CN5CCC4CC5)nc3)c2n1.S. The second-order valence-electron chi connectivity index (χ2n) is 7.59. The van der Waals surface area contributed by atoms with E-state index in [0.29, 0.717) is 45.9 Å². The Morgan fingerprint density at radius 3 is 2.66 bits per heavy atom. The van der Waals surface area contributed by atoms with E-state index in [4.69, 9.17) is 10.5 Å². The molecule has 3 fully saturated rings. The monoisotopic (exact) mass is 477 g/mol. The molecule has 10 heteroatoms. The summed E-state index contributed by atoms with van der Waals surface area (Å²) in [5, 5.41) is 0. The van der Waals surface area contributed by atoms with Crippen LogP contribution in [0.2, 0.25) is 0 Å². The van der Waals surface area contributed by atoms with E-state index in [9.17, 15) is 0 Å². The summed E-state index contributed by atoms with van der Waals surface area (Å²) in [5.74, 6) is 2.37. The van der Waals surface area contributed by atoms with E-state index in [1.807, 2.05) is 29.8 Å². The first kappa shape index (κ1) is 20.4. The van der Waals surface area contributed by atoms with E-state index in [1.165, 1.54) is 25.9 Å². The summed E-state index contributed by atoms with van der Waals surface area (Å²) >= 11 is 3.50. The average Bonchev–Trinajstić information content (AvgIpc) is 3.00. The van der Waals surface area contributed by atoms with Gasteiger partial charge < -0.3 is 10.5 Å². The van der Waals surface area contributed by atoms with E-state index >= 15 is 0 Å². The van der Waals surface area contributed by atoms with E-state index in [-0.39, 0.29) is 19.6 Å². The van der Waals surface area contributed by atoms with E-state index in [2.05, 4.69) is 40.8 Å². The summed E-state index contributed by atoms with van der Waals surface area (Å²) < 4.78 is 8.82. The van der Waals surface area contributed by atoms with Crippen molar-refractivity contribution in [3.8, 4) is 5.88 Å². The standard InChI is InChI=1S/C19H22BrN7O.H2S/c1-11-23-17(21)16-18(24-11)27(19(20)25-16)9-12-2-3-15(22-8-12)28-14-10-26-6-4-13(14)5-7-26;/h2-3,8,13-14H,4-7,9-10H2,1H3,(H2,21,23,24);1H2/t14-;/m1./s1. The summed E-state index contributed by atoms with van der Waals surface area (Å²) in [5.41, 5.74) is 8.34. The molecule has 2 N–H and O–H groups in total. The van der Waals surface area contributed by atoms with E-state index in [1.54, 1.807) is 0 Å². The van der Waals surface area contributed by atoms with Crippen molar-refractivity contribution >= 4 is 46.4 Å². The molecule has 154 valence electrons. The normalized spacial score (nSPS) is 23.2. The van der Waals surface area contributed by atoms with Crippen LogP contribution < -0.4 is 10.5 Å². The van der Waals surface area contributed by atoms with Gasteiger partial charge >= 0.3 is 0 Å². The van der Waals surface area contributed by atoms with Gasteiger partial charge in [0, 0.05) is 18.8 Å². The molecule has 3 aromatic rings. The zero-order chi connectivity index (χ0) is 19.3. The minimum atomic E-state index is 0. The highest BCUT2D eigenvalue weighted by Gasteiger charge is 2.35. The number of imidazole rings is 1. The lowest BCUT2D eigenvalue weighted by Gasteiger charge is -2.44. The van der Waals surface area contributed by atoms with Crippen molar-refractivity contribution in [1.29, 1.82) is 0 Å². The number of hydrogen-bond donors (Lipinski definition) is 1. The van der Waals surface area contributed by atoms with Crippen LogP contribution in [0.1, 0.15) is 24.2 Å². The number of rotatable bonds is 4. The van der Waals surface area contributed by atoms with Crippen molar-refractivity contribution in [2.75, 3.05) is 25.4 Å². The van der Waals surface area contributed by atoms with Crippen molar-refractivity contribution < 1.29 is 4.74 Å². The number of ether oxygens (including phenoxy) is 1. The summed E-state index contributed by atoms with van der Waals surface area (Å²) in [4.78, 5) is 20.1. The first-order valence-corrected chi connectivity index (χ1v) is 10.4. The molecule has 3 aromatic heterocycles. The van der Waals surface area contributed by atoms with Crippen LogP contribution in [-0.2, 0) is 6.54 Å². The fourth-order valence-corrected chi connectivity index (χ4v) is 4.68. The molecule has 0 saturated carbocycles. The molecule has 0 unspecified atom stereocenters. The van der Waals surface area contributed by atoms with Crippen molar-refractivity contribution in [2.45, 2.75) is 32.4 Å². The van der Waals surface area contributed by atoms with Gasteiger partial charge in [0.25, 0.3) is 0 Å². The Kier molecular flexibility index (Phi) is 5.67. The Hall–Kier alpha value is -1.91. The fourth-order valence-electron chi connectivity index (χ4n) is 4.20. The lowest BCUT2D eigenvalue weighted by Crippen LogP contribution is -2.52. The molecule has 1 atom stereocenters. The van der Waals surface area contributed by atoms with Gasteiger partial charge in [-0.1, -0.05) is 6.07 Å². The lowest BCUT2D eigenvalue weighted by atomic mass is 9.86. The van der Waals surface area contributed by atoms with Crippen LogP contribution in [0.25, 0.3) is 11.2 Å². The molecule has 0 spiro atoms. The molecule has 8 nitrogen and oxygen atoms in total. The second-order valence-corrected chi connectivity index (χ2v) is 8.30. The summed E-state index contributed by atoms with van der Waals surface area (Å²) in [6.45, 7) is 5.84. The van der Waals surface area contributed by atoms with Crippen molar-refractivity contribution in [3.63, 3.8) is 0 Å². The third-order valence-corrected chi connectivity index (χ3v) is 6.30. The number of halogens is 1. The minimum absolute atomic E-state index is 0. The van der Waals surface area contributed by atoms with Crippen LogP contribution in [-0.4, -0.2) is 55.1 Å². The van der Waals surface area contributed by atoms with Gasteiger partial charge in [0.1, 0.15) is 11.9 Å². The van der Waals surface area contributed by atoms with Gasteiger partial charge in [-0.2, -0.15) is 13.5 Å². The maximum absolute atomic E-state index is 6.19. The van der Waals surface area contributed by atoms with Crippen LogP contribution >= 0.6 is 29.4 Å². The molecule has 29 heavy (non-hydrogen) atoms. The smallest absolute Gasteiger partial charge is 0.213 e. The number of nitrogen functional groups attached to an aromatic ring is 1. The maximum atomic E-state index is 6.19. The maximum Gasteiger partial charge on any atom is 0.213 e. The van der Waals surface area contributed by atoms with Gasteiger partial charge in [0.05, 0.1) is 6.54 Å². The Morgan fingerprint density at radius 1 is 1.21 bits per heavy atom. The predicted molar refractivity (Wildman–Crippen MR) is 119 cm³/mol. The summed E-state index contributed by atoms with van der Waals surface area (Å²) in [6, 6.07) is 3.99. The number of pyridine rings is 1. The van der Waals surface area contributed by atoms with Crippen LogP contribution in [0.15, 0.2) is 23.1 Å². The van der Waals surface area contributed by atoms with Gasteiger partial charge in [-0.05, 0) is 60.3 Å². The highest BCUT2D eigenvalue weighted by Crippen LogP contribution is 2.30. The van der Waals surface area contributed by atoms with Crippen LogP contribution in [0.3, 0.4) is 0 Å². The molecule has 3 saturated heterocycles. The number of piperidine rings is 3. The number of nitrogens with two attached hydrogens (primary N) is 1. The molecule has 6 rings (SSSR count). The molecule has 0 radical (unpaired) electrons. The first-order chi connectivity index (χ1) is 13.6. The van der Waals surface area contributed by atoms with Crippen LogP contribution in [0, 0.1) is 12.8 Å². The second kappa shape index (κ2) is 8.08. The van der Waals surface area contributed by atoms with Gasteiger partial charge in [-0.3, -0.25) is 9.47 Å². The summed E-state index contributed by atoms with van der Waals surface area (Å²) in [6.07, 6.45) is 4.58. The molecule has 0 aromatic carbocycles. The molecule has 6 heterocycles. The Bertz CT molecular complexity index is 1020. The van der Waals surface area contributed by atoms with Crippen molar-refractivity contribution in [3.05, 3.63) is 34.5 Å². The zero-order valence-electron chi connectivity index (χ0n) is 16.2. The van der Waals surface area contributed by atoms with Crippen LogP contribution in [0.4, 0.5) is 5.82 Å². The lowest BCUT2D eigenvalue weighted by molar-refractivity contribution is -0.00994. The molecule has 0 aliphatic carbocycles. The topological polar surface area (TPSA) is 95.0 Å². The number of hydrogen-bond acceptors (Lipinski definition) is 7. The van der Waals surface area contributed by atoms with Gasteiger partial charge in [-0.25, -0.2) is 19.9 Å². The Labute approximate surface area is 184 Å². The summed E-state index contributed by atoms with van der Waals surface area (Å²) in [7, 11) is 0. The molecule has 3 aliphatic heterocycles. The third-order valence-electron chi connectivity index (χ3n) is 5.69. The van der Waals surface area contributed by atoms with Crippen molar-refractivity contribution in [1.82, 2.24) is 29.4 Å². The number of anilines is 1. The van der Waals surface area contributed by atoms with Gasteiger partial charge in [-0.15, -0.1) is 0 Å². The van der Waals surface area contributed by atoms with Crippen LogP contribution in [0.5, 0.6) is 5.88 Å². The molecule has 2 bridgehead atoms. The van der Waals surface area contributed by atoms with Gasteiger partial charge in [0.15, 0.2) is 21.7 Å². The number of aromatic nitrogens is 5.